The predicted molar refractivity (Wildman–Crippen MR) is 38.9 cm³/mol. The largest absolute Gasteiger partial charge is 0.279 e. The Bertz CT molecular complexity index is 75.4. The molecule has 1 rings (SSSR count). The fraction of sp³-hybridized carbons (Fsp3) is 1.00. The first-order chi connectivity index (χ1) is 4.43. The summed E-state index contributed by atoms with van der Waals surface area (Å²) in [4.78, 5) is 9.44. The zero-order chi connectivity index (χ0) is 6.53. The summed E-state index contributed by atoms with van der Waals surface area (Å²) in [5, 5.41) is 0. The number of hydrogen-bond donors (Lipinski definition) is 2. The lowest BCUT2D eigenvalue weighted by Crippen LogP contribution is -2.24. The fourth-order valence-corrected chi connectivity index (χ4v) is 1.09. The zero-order valence-electron chi connectivity index (χ0n) is 5.34. The Hall–Kier alpha value is 0.230. The van der Waals surface area contributed by atoms with Crippen molar-refractivity contribution in [1.82, 2.24) is 9.79 Å². The molecule has 9 heavy (non-hydrogen) atoms. The minimum Gasteiger partial charge on any atom is -0.279 e. The van der Waals surface area contributed by atoms with E-state index in [0.29, 0.717) is 6.73 Å². The Morgan fingerprint density at radius 1 is 1.44 bits per heavy atom. The molecule has 0 aromatic heterocycles. The van der Waals surface area contributed by atoms with Crippen LogP contribution in [-0.2, 0) is 4.84 Å². The summed E-state index contributed by atoms with van der Waals surface area (Å²) in [5.74, 6) is 0. The van der Waals surface area contributed by atoms with E-state index in [9.17, 15) is 0 Å². The van der Waals surface area contributed by atoms with Gasteiger partial charge in [0.05, 0.1) is 0 Å². The van der Waals surface area contributed by atoms with Crippen LogP contribution in [0.2, 0.25) is 0 Å². The normalized spacial score (nSPS) is 21.0. The molecule has 0 atom stereocenters. The zero-order valence-corrected chi connectivity index (χ0v) is 6.23. The molecule has 54 valence electrons. The maximum atomic E-state index is 4.86. The molecule has 1 fully saturated rings. The van der Waals surface area contributed by atoms with Gasteiger partial charge in [-0.1, -0.05) is 12.8 Å². The van der Waals surface area contributed by atoms with E-state index in [1.54, 1.807) is 0 Å². The van der Waals surface area contributed by atoms with E-state index in [-0.39, 0.29) is 0 Å². The molecule has 1 aliphatic rings. The van der Waals surface area contributed by atoms with Crippen LogP contribution in [0.1, 0.15) is 12.8 Å². The summed E-state index contributed by atoms with van der Waals surface area (Å²) < 4.78 is 0. The molecule has 0 saturated carbocycles. The van der Waals surface area contributed by atoms with Crippen LogP contribution >= 0.6 is 12.8 Å². The van der Waals surface area contributed by atoms with Crippen LogP contribution in [0.5, 0.6) is 0 Å². The van der Waals surface area contributed by atoms with E-state index in [1.165, 1.54) is 12.8 Å². The first-order valence-corrected chi connectivity index (χ1v) is 3.61. The summed E-state index contributed by atoms with van der Waals surface area (Å²) in [5.41, 5.74) is 0. The molecule has 4 heteroatoms. The van der Waals surface area contributed by atoms with Crippen molar-refractivity contribution in [3.05, 3.63) is 0 Å². The van der Waals surface area contributed by atoms with E-state index >= 15 is 0 Å². The van der Waals surface area contributed by atoms with Gasteiger partial charge >= 0.3 is 0 Å². The highest BCUT2D eigenvalue weighted by Crippen LogP contribution is 2.05. The molecular formula is C5H12N2OS. The number of nitrogens with one attached hydrogen (secondary N) is 1. The Balaban J connectivity index is 1.98. The molecule has 0 aromatic carbocycles. The molecule has 0 amide bonds. The Morgan fingerprint density at radius 2 is 2.11 bits per heavy atom. The average Bonchev–Trinajstić information content (AvgIpc) is 2.34. The van der Waals surface area contributed by atoms with Crippen LogP contribution < -0.4 is 4.89 Å². The average molecular weight is 148 g/mol. The fourth-order valence-electron chi connectivity index (χ4n) is 1.03. The van der Waals surface area contributed by atoms with Gasteiger partial charge in [-0.2, -0.15) is 0 Å². The molecule has 0 aliphatic carbocycles. The third kappa shape index (κ3) is 2.53. The molecule has 1 saturated heterocycles. The molecule has 0 bridgehead atoms. The van der Waals surface area contributed by atoms with Crippen LogP contribution in [-0.4, -0.2) is 24.7 Å². The standard InChI is InChI=1S/C5H12N2OS/c9-6-8-5-7-3-1-2-4-7/h6,9H,1-5H2. The number of likely N-dealkylation sites (tertiary alicyclic amines) is 1. The molecule has 1 heterocycles. The van der Waals surface area contributed by atoms with Crippen molar-refractivity contribution in [1.29, 1.82) is 0 Å². The third-order valence-electron chi connectivity index (χ3n) is 1.51. The van der Waals surface area contributed by atoms with Gasteiger partial charge in [0, 0.05) is 13.1 Å². The van der Waals surface area contributed by atoms with E-state index in [2.05, 4.69) is 22.6 Å². The van der Waals surface area contributed by atoms with Gasteiger partial charge in [-0.25, -0.2) is 0 Å². The predicted octanol–water partition coefficient (Wildman–Crippen LogP) is 0.406. The van der Waals surface area contributed by atoms with Crippen LogP contribution in [0.3, 0.4) is 0 Å². The smallest absolute Gasteiger partial charge is 0.122 e. The van der Waals surface area contributed by atoms with E-state index < -0.39 is 0 Å². The maximum Gasteiger partial charge on any atom is 0.122 e. The SMILES string of the molecule is SNOCN1CCCC1. The summed E-state index contributed by atoms with van der Waals surface area (Å²) in [6.07, 6.45) is 2.60. The lowest BCUT2D eigenvalue weighted by molar-refractivity contribution is 0.0176. The minimum absolute atomic E-state index is 0.656. The summed E-state index contributed by atoms with van der Waals surface area (Å²) in [7, 11) is 0. The number of thiol groups is 1. The van der Waals surface area contributed by atoms with Crippen LogP contribution in [0.4, 0.5) is 0 Å². The lowest BCUT2D eigenvalue weighted by atomic mass is 10.4. The Labute approximate surface area is 60.9 Å². The lowest BCUT2D eigenvalue weighted by Gasteiger charge is -2.12. The quantitative estimate of drug-likeness (QED) is 0.448. The molecule has 3 nitrogen and oxygen atoms in total. The van der Waals surface area contributed by atoms with E-state index in [1.807, 2.05) is 0 Å². The van der Waals surface area contributed by atoms with Crippen LogP contribution in [0.15, 0.2) is 0 Å². The van der Waals surface area contributed by atoms with E-state index in [4.69, 9.17) is 4.84 Å². The molecule has 0 radical (unpaired) electrons. The molecular weight excluding hydrogens is 136 g/mol. The van der Waals surface area contributed by atoms with Gasteiger partial charge < -0.3 is 0 Å². The Kier molecular flexibility index (Phi) is 3.35. The number of nitrogens with zero attached hydrogens (tertiary/aromatic N) is 1. The van der Waals surface area contributed by atoms with Crippen molar-refractivity contribution in [3.63, 3.8) is 0 Å². The van der Waals surface area contributed by atoms with Gasteiger partial charge in [0.15, 0.2) is 0 Å². The van der Waals surface area contributed by atoms with Crippen LogP contribution in [0, 0.1) is 0 Å². The van der Waals surface area contributed by atoms with Gasteiger partial charge in [-0.3, -0.25) is 9.74 Å². The van der Waals surface area contributed by atoms with Crippen molar-refractivity contribution in [2.75, 3.05) is 19.8 Å². The third-order valence-corrected chi connectivity index (χ3v) is 1.64. The van der Waals surface area contributed by atoms with Gasteiger partial charge in [-0.15, -0.1) is 4.89 Å². The second kappa shape index (κ2) is 4.11. The molecule has 0 aromatic rings. The van der Waals surface area contributed by atoms with Gasteiger partial charge in [-0.05, 0) is 12.8 Å². The molecule has 1 aliphatic heterocycles. The van der Waals surface area contributed by atoms with Crippen molar-refractivity contribution >= 4 is 12.8 Å². The second-order valence-corrected chi connectivity index (χ2v) is 2.37. The summed E-state index contributed by atoms with van der Waals surface area (Å²) in [6, 6.07) is 0. The first kappa shape index (κ1) is 7.34. The van der Waals surface area contributed by atoms with Gasteiger partial charge in [0.1, 0.15) is 6.73 Å². The molecule has 0 spiro atoms. The highest BCUT2D eigenvalue weighted by atomic mass is 32.1. The van der Waals surface area contributed by atoms with E-state index in [0.717, 1.165) is 13.1 Å². The van der Waals surface area contributed by atoms with Crippen molar-refractivity contribution in [2.45, 2.75) is 12.8 Å². The Morgan fingerprint density at radius 3 is 2.67 bits per heavy atom. The first-order valence-electron chi connectivity index (χ1n) is 3.17. The van der Waals surface area contributed by atoms with Crippen molar-refractivity contribution < 1.29 is 4.84 Å². The maximum absolute atomic E-state index is 4.86. The minimum atomic E-state index is 0.656. The van der Waals surface area contributed by atoms with Gasteiger partial charge in [0.2, 0.25) is 0 Å². The van der Waals surface area contributed by atoms with Gasteiger partial charge in [0.25, 0.3) is 0 Å². The van der Waals surface area contributed by atoms with Crippen molar-refractivity contribution in [2.24, 2.45) is 0 Å². The second-order valence-electron chi connectivity index (χ2n) is 2.19. The highest BCUT2D eigenvalue weighted by molar-refractivity contribution is 7.77. The monoisotopic (exact) mass is 148 g/mol. The molecule has 1 N–H and O–H groups in total. The van der Waals surface area contributed by atoms with Crippen LogP contribution in [0.25, 0.3) is 0 Å². The van der Waals surface area contributed by atoms with Crippen molar-refractivity contribution in [3.8, 4) is 0 Å². The number of rotatable bonds is 3. The summed E-state index contributed by atoms with van der Waals surface area (Å²) in [6.45, 7) is 2.98. The number of hydrogen-bond acceptors (Lipinski definition) is 4. The topological polar surface area (TPSA) is 24.5 Å². The molecule has 0 unspecified atom stereocenters. The highest BCUT2D eigenvalue weighted by Gasteiger charge is 2.09. The summed E-state index contributed by atoms with van der Waals surface area (Å²) >= 11 is 3.69.